The number of aromatic carboxylic acids is 1. The molecule has 1 aromatic heterocycles. The number of carboxylic acids is 1. The molecule has 0 spiro atoms. The van der Waals surface area contributed by atoms with Crippen LogP contribution in [0.2, 0.25) is 0 Å². The van der Waals surface area contributed by atoms with Crippen LogP contribution >= 0.6 is 15.9 Å². The summed E-state index contributed by atoms with van der Waals surface area (Å²) in [5, 5.41) is 19.5. The zero-order valence-electron chi connectivity index (χ0n) is 10.6. The molecule has 0 bridgehead atoms. The van der Waals surface area contributed by atoms with Crippen LogP contribution in [0.4, 0.5) is 0 Å². The van der Waals surface area contributed by atoms with Gasteiger partial charge in [-0.3, -0.25) is 0 Å². The summed E-state index contributed by atoms with van der Waals surface area (Å²) in [5.41, 5.74) is 0.379. The highest BCUT2D eigenvalue weighted by molar-refractivity contribution is 9.10. The Morgan fingerprint density at radius 1 is 1.55 bits per heavy atom. The number of nitrogens with one attached hydrogen (secondary N) is 1. The summed E-state index contributed by atoms with van der Waals surface area (Å²) >= 11 is 3.32. The SMILES string of the molecule is CCOc1ccc(Br)cc1C(O)c1[nH]cnc1C(=O)O. The number of carboxylic acid groups (broad SMARTS) is 1. The van der Waals surface area contributed by atoms with Gasteiger partial charge in [-0.25, -0.2) is 9.78 Å². The lowest BCUT2D eigenvalue weighted by Crippen LogP contribution is -2.10. The van der Waals surface area contributed by atoms with Crippen LogP contribution < -0.4 is 4.74 Å². The molecular formula is C13H13BrN2O4. The van der Waals surface area contributed by atoms with Crippen LogP contribution in [0, 0.1) is 0 Å². The Hall–Kier alpha value is -1.86. The van der Waals surface area contributed by atoms with E-state index in [0.717, 1.165) is 4.47 Å². The molecule has 0 amide bonds. The van der Waals surface area contributed by atoms with Crippen molar-refractivity contribution in [1.29, 1.82) is 0 Å². The Bertz CT molecular complexity index is 627. The van der Waals surface area contributed by atoms with Crippen molar-refractivity contribution >= 4 is 21.9 Å². The Balaban J connectivity index is 2.46. The topological polar surface area (TPSA) is 95.4 Å². The molecule has 6 nitrogen and oxygen atoms in total. The third kappa shape index (κ3) is 2.83. The summed E-state index contributed by atoms with van der Waals surface area (Å²) in [6.07, 6.45) is 0.0722. The molecule has 0 aliphatic heterocycles. The van der Waals surface area contributed by atoms with E-state index in [1.165, 1.54) is 6.33 Å². The number of imidazole rings is 1. The largest absolute Gasteiger partial charge is 0.493 e. The number of hydrogen-bond acceptors (Lipinski definition) is 4. The summed E-state index contributed by atoms with van der Waals surface area (Å²) in [5.74, 6) is -0.706. The lowest BCUT2D eigenvalue weighted by atomic mass is 10.0. The average Bonchev–Trinajstić information content (AvgIpc) is 2.89. The smallest absolute Gasteiger partial charge is 0.356 e. The van der Waals surface area contributed by atoms with Gasteiger partial charge in [0.2, 0.25) is 0 Å². The average molecular weight is 341 g/mol. The number of hydrogen-bond donors (Lipinski definition) is 3. The fourth-order valence-corrected chi connectivity index (χ4v) is 2.24. The van der Waals surface area contributed by atoms with Gasteiger partial charge in [-0.05, 0) is 25.1 Å². The normalized spacial score (nSPS) is 12.2. The van der Waals surface area contributed by atoms with Crippen LogP contribution in [0.3, 0.4) is 0 Å². The first-order chi connectivity index (χ1) is 9.54. The van der Waals surface area contributed by atoms with Crippen LogP contribution in [0.5, 0.6) is 5.75 Å². The lowest BCUT2D eigenvalue weighted by molar-refractivity contribution is 0.0685. The number of ether oxygens (including phenoxy) is 1. The second-order valence-electron chi connectivity index (χ2n) is 3.99. The molecule has 7 heteroatoms. The van der Waals surface area contributed by atoms with E-state index in [1.54, 1.807) is 18.2 Å². The minimum atomic E-state index is -1.20. The second kappa shape index (κ2) is 6.06. The van der Waals surface area contributed by atoms with Crippen molar-refractivity contribution in [2.45, 2.75) is 13.0 Å². The van der Waals surface area contributed by atoms with Crippen LogP contribution in [-0.2, 0) is 0 Å². The fraction of sp³-hybridized carbons (Fsp3) is 0.231. The van der Waals surface area contributed by atoms with Crippen molar-refractivity contribution in [3.63, 3.8) is 0 Å². The number of aromatic nitrogens is 2. The highest BCUT2D eigenvalue weighted by atomic mass is 79.9. The molecule has 0 saturated heterocycles. The van der Waals surface area contributed by atoms with Gasteiger partial charge in [0, 0.05) is 10.0 Å². The Morgan fingerprint density at radius 2 is 2.30 bits per heavy atom. The Morgan fingerprint density at radius 3 is 2.95 bits per heavy atom. The van der Waals surface area contributed by atoms with Gasteiger partial charge >= 0.3 is 5.97 Å². The number of aliphatic hydroxyl groups is 1. The summed E-state index contributed by atoms with van der Waals surface area (Å²) in [6.45, 7) is 2.27. The van der Waals surface area contributed by atoms with Crippen molar-refractivity contribution in [3.05, 3.63) is 46.0 Å². The molecule has 1 unspecified atom stereocenters. The van der Waals surface area contributed by atoms with Crippen molar-refractivity contribution < 1.29 is 19.7 Å². The predicted molar refractivity (Wildman–Crippen MR) is 74.9 cm³/mol. The maximum atomic E-state index is 11.1. The first kappa shape index (κ1) is 14.5. The third-order valence-corrected chi connectivity index (χ3v) is 3.20. The van der Waals surface area contributed by atoms with Gasteiger partial charge in [0.1, 0.15) is 11.9 Å². The number of halogens is 1. The maximum absolute atomic E-state index is 11.1. The maximum Gasteiger partial charge on any atom is 0.356 e. The molecule has 2 rings (SSSR count). The molecule has 1 atom stereocenters. The van der Waals surface area contributed by atoms with E-state index in [4.69, 9.17) is 9.84 Å². The number of benzene rings is 1. The van der Waals surface area contributed by atoms with Gasteiger partial charge in [-0.15, -0.1) is 0 Å². The number of carbonyl (C=O) groups is 1. The summed E-state index contributed by atoms with van der Waals surface area (Å²) in [4.78, 5) is 17.4. The zero-order chi connectivity index (χ0) is 14.7. The van der Waals surface area contributed by atoms with Crippen LogP contribution in [0.25, 0.3) is 0 Å². The van der Waals surface area contributed by atoms with Crippen molar-refractivity contribution in [2.24, 2.45) is 0 Å². The molecule has 2 aromatic rings. The molecular weight excluding hydrogens is 328 g/mol. The summed E-state index contributed by atoms with van der Waals surface area (Å²) in [7, 11) is 0. The lowest BCUT2D eigenvalue weighted by Gasteiger charge is -2.15. The highest BCUT2D eigenvalue weighted by Gasteiger charge is 2.24. The molecule has 0 radical (unpaired) electrons. The van der Waals surface area contributed by atoms with E-state index in [-0.39, 0.29) is 11.4 Å². The molecule has 0 aliphatic rings. The molecule has 0 fully saturated rings. The standard InChI is InChI=1S/C13H13BrN2O4/c1-2-20-9-4-3-7(14)5-8(9)12(17)10-11(13(18)19)16-6-15-10/h3-6,12,17H,2H2,1H3,(H,15,16)(H,18,19). The Labute approximate surface area is 123 Å². The molecule has 1 aromatic carbocycles. The van der Waals surface area contributed by atoms with E-state index < -0.39 is 12.1 Å². The van der Waals surface area contributed by atoms with Crippen LogP contribution in [-0.4, -0.2) is 32.8 Å². The van der Waals surface area contributed by atoms with Crippen molar-refractivity contribution in [2.75, 3.05) is 6.61 Å². The van der Waals surface area contributed by atoms with Gasteiger partial charge in [0.05, 0.1) is 18.6 Å². The molecule has 106 valence electrons. The molecule has 1 heterocycles. The highest BCUT2D eigenvalue weighted by Crippen LogP contribution is 2.32. The van der Waals surface area contributed by atoms with Gasteiger partial charge in [0.25, 0.3) is 0 Å². The molecule has 20 heavy (non-hydrogen) atoms. The number of aromatic amines is 1. The quantitative estimate of drug-likeness (QED) is 0.776. The second-order valence-corrected chi connectivity index (χ2v) is 4.90. The third-order valence-electron chi connectivity index (χ3n) is 2.71. The van der Waals surface area contributed by atoms with E-state index in [9.17, 15) is 9.90 Å². The molecule has 0 saturated carbocycles. The predicted octanol–water partition coefficient (Wildman–Crippen LogP) is 2.35. The van der Waals surface area contributed by atoms with E-state index in [0.29, 0.717) is 17.9 Å². The van der Waals surface area contributed by atoms with Crippen LogP contribution in [0.15, 0.2) is 29.0 Å². The number of H-pyrrole nitrogens is 1. The van der Waals surface area contributed by atoms with Crippen molar-refractivity contribution in [3.8, 4) is 5.75 Å². The number of nitrogens with zero attached hydrogens (tertiary/aromatic N) is 1. The first-order valence-corrected chi connectivity index (χ1v) is 6.70. The van der Waals surface area contributed by atoms with E-state index in [2.05, 4.69) is 25.9 Å². The van der Waals surface area contributed by atoms with E-state index in [1.807, 2.05) is 6.92 Å². The zero-order valence-corrected chi connectivity index (χ0v) is 12.2. The molecule has 3 N–H and O–H groups in total. The Kier molecular flexibility index (Phi) is 4.41. The van der Waals surface area contributed by atoms with Gasteiger partial charge < -0.3 is 19.9 Å². The van der Waals surface area contributed by atoms with Gasteiger partial charge in [0.15, 0.2) is 5.69 Å². The van der Waals surface area contributed by atoms with Crippen LogP contribution in [0.1, 0.15) is 34.8 Å². The van der Waals surface area contributed by atoms with Crippen molar-refractivity contribution in [1.82, 2.24) is 9.97 Å². The minimum absolute atomic E-state index is 0.122. The van der Waals surface area contributed by atoms with Gasteiger partial charge in [-0.1, -0.05) is 15.9 Å². The fourth-order valence-electron chi connectivity index (χ4n) is 1.86. The minimum Gasteiger partial charge on any atom is -0.493 e. The summed E-state index contributed by atoms with van der Waals surface area (Å²) in [6, 6.07) is 5.18. The molecule has 0 aliphatic carbocycles. The first-order valence-electron chi connectivity index (χ1n) is 5.91. The monoisotopic (exact) mass is 340 g/mol. The van der Waals surface area contributed by atoms with E-state index >= 15 is 0 Å². The van der Waals surface area contributed by atoms with Gasteiger partial charge in [-0.2, -0.15) is 0 Å². The summed E-state index contributed by atoms with van der Waals surface area (Å²) < 4.78 is 6.20. The number of aliphatic hydroxyl groups excluding tert-OH is 1. The number of rotatable bonds is 5.